The van der Waals surface area contributed by atoms with Crippen LogP contribution >= 0.6 is 0 Å². The van der Waals surface area contributed by atoms with Gasteiger partial charge in [-0.1, -0.05) is 26.0 Å². The van der Waals surface area contributed by atoms with Crippen molar-refractivity contribution in [1.82, 2.24) is 10.0 Å². The number of nitrogens with one attached hydrogen (secondary N) is 2. The van der Waals surface area contributed by atoms with Crippen molar-refractivity contribution in [3.05, 3.63) is 29.8 Å². The van der Waals surface area contributed by atoms with Gasteiger partial charge in [0, 0.05) is 6.04 Å². The summed E-state index contributed by atoms with van der Waals surface area (Å²) in [6, 6.07) is 8.37. The normalized spacial score (nSPS) is 18.9. The minimum absolute atomic E-state index is 0.187. The lowest BCUT2D eigenvalue weighted by Gasteiger charge is -2.19. The lowest BCUT2D eigenvalue weighted by molar-refractivity contribution is 0.299. The first-order chi connectivity index (χ1) is 12.4. The average molecular weight is 381 g/mol. The number of hydrogen-bond acceptors (Lipinski definition) is 4. The van der Waals surface area contributed by atoms with Crippen molar-refractivity contribution in [2.75, 3.05) is 18.9 Å². The molecule has 1 aromatic carbocycles. The van der Waals surface area contributed by atoms with Gasteiger partial charge in [0.15, 0.2) is 0 Å². The van der Waals surface area contributed by atoms with E-state index in [1.54, 1.807) is 0 Å². The van der Waals surface area contributed by atoms with E-state index in [0.29, 0.717) is 18.4 Å². The third-order valence-corrected chi connectivity index (χ3v) is 6.59. The Kier molecular flexibility index (Phi) is 6.25. The summed E-state index contributed by atoms with van der Waals surface area (Å²) >= 11 is 0. The minimum Gasteiger partial charge on any atom is -0.493 e. The molecule has 0 bridgehead atoms. The lowest BCUT2D eigenvalue weighted by atomic mass is 10.1. The van der Waals surface area contributed by atoms with E-state index in [9.17, 15) is 8.42 Å². The van der Waals surface area contributed by atoms with Crippen molar-refractivity contribution < 1.29 is 13.2 Å². The van der Waals surface area contributed by atoms with Crippen LogP contribution in [0.25, 0.3) is 0 Å². The maximum absolute atomic E-state index is 12.5. The number of sulfonamides is 1. The molecule has 2 aliphatic carbocycles. The molecule has 0 heterocycles. The van der Waals surface area contributed by atoms with Crippen LogP contribution < -0.4 is 14.8 Å². The van der Waals surface area contributed by atoms with Crippen LogP contribution in [0.5, 0.6) is 5.75 Å². The smallest absolute Gasteiger partial charge is 0.212 e. The van der Waals surface area contributed by atoms with E-state index in [1.807, 2.05) is 24.3 Å². The zero-order valence-electron chi connectivity index (χ0n) is 16.0. The topological polar surface area (TPSA) is 67.4 Å². The van der Waals surface area contributed by atoms with Crippen LogP contribution in [0.15, 0.2) is 24.3 Å². The Hall–Kier alpha value is -1.11. The maximum Gasteiger partial charge on any atom is 0.212 e. The summed E-state index contributed by atoms with van der Waals surface area (Å²) in [4.78, 5) is 0. The summed E-state index contributed by atoms with van der Waals surface area (Å²) in [5.41, 5.74) is 0.601. The molecule has 0 atom stereocenters. The second-order valence-electron chi connectivity index (χ2n) is 8.10. The molecule has 0 aliphatic heterocycles. The SMILES string of the molecule is CC(C)NCCCCS(=O)(=O)NC1(c2cccc(OCC3CC3)c2)CC1. The molecule has 1 aromatic rings. The fourth-order valence-electron chi connectivity index (χ4n) is 3.11. The van der Waals surface area contributed by atoms with Crippen molar-refractivity contribution in [1.29, 1.82) is 0 Å². The highest BCUT2D eigenvalue weighted by Gasteiger charge is 2.47. The first-order valence-electron chi connectivity index (χ1n) is 9.87. The Morgan fingerprint density at radius 3 is 2.65 bits per heavy atom. The van der Waals surface area contributed by atoms with Crippen molar-refractivity contribution >= 4 is 10.0 Å². The van der Waals surface area contributed by atoms with Crippen molar-refractivity contribution in [2.45, 2.75) is 64.0 Å². The van der Waals surface area contributed by atoms with E-state index >= 15 is 0 Å². The van der Waals surface area contributed by atoms with Crippen LogP contribution in [-0.4, -0.2) is 33.4 Å². The number of hydrogen-bond donors (Lipinski definition) is 2. The molecule has 2 N–H and O–H groups in total. The van der Waals surface area contributed by atoms with E-state index in [4.69, 9.17) is 4.74 Å². The standard InChI is InChI=1S/C20H32N2O3S/c1-16(2)21-12-3-4-13-26(23,24)22-20(10-11-20)18-6-5-7-19(14-18)25-15-17-8-9-17/h5-7,14,16-17,21-22H,3-4,8-13,15H2,1-2H3. The Balaban J connectivity index is 1.52. The molecule has 0 unspecified atom stereocenters. The summed E-state index contributed by atoms with van der Waals surface area (Å²) < 4.78 is 33.8. The zero-order chi connectivity index (χ0) is 18.6. The highest BCUT2D eigenvalue weighted by molar-refractivity contribution is 7.89. The maximum atomic E-state index is 12.5. The minimum atomic E-state index is -3.27. The summed E-state index contributed by atoms with van der Waals surface area (Å²) in [5.74, 6) is 1.74. The number of ether oxygens (including phenoxy) is 1. The second kappa shape index (κ2) is 8.28. The van der Waals surface area contributed by atoms with Gasteiger partial charge in [0.2, 0.25) is 10.0 Å². The third-order valence-electron chi connectivity index (χ3n) is 5.06. The molecule has 2 aliphatic rings. The number of benzene rings is 1. The van der Waals surface area contributed by atoms with Gasteiger partial charge in [-0.05, 0) is 68.7 Å². The Morgan fingerprint density at radius 2 is 2.00 bits per heavy atom. The highest BCUT2D eigenvalue weighted by atomic mass is 32.2. The van der Waals surface area contributed by atoms with Gasteiger partial charge >= 0.3 is 0 Å². The predicted octanol–water partition coefficient (Wildman–Crippen LogP) is 3.16. The van der Waals surface area contributed by atoms with Gasteiger partial charge in [0.25, 0.3) is 0 Å². The lowest BCUT2D eigenvalue weighted by Crippen LogP contribution is -2.36. The van der Waals surface area contributed by atoms with Gasteiger partial charge in [-0.25, -0.2) is 13.1 Å². The van der Waals surface area contributed by atoms with Gasteiger partial charge in [-0.3, -0.25) is 0 Å². The molecule has 26 heavy (non-hydrogen) atoms. The van der Waals surface area contributed by atoms with E-state index in [-0.39, 0.29) is 5.75 Å². The Labute approximate surface area is 158 Å². The fourth-order valence-corrected chi connectivity index (χ4v) is 4.72. The largest absolute Gasteiger partial charge is 0.493 e. The number of rotatable bonds is 12. The molecule has 5 nitrogen and oxygen atoms in total. The molecule has 0 aromatic heterocycles. The van der Waals surface area contributed by atoms with Crippen LogP contribution in [0, 0.1) is 5.92 Å². The van der Waals surface area contributed by atoms with Gasteiger partial charge < -0.3 is 10.1 Å². The average Bonchev–Trinajstić information content (AvgIpc) is 3.48. The molecule has 2 saturated carbocycles. The van der Waals surface area contributed by atoms with E-state index in [2.05, 4.69) is 23.9 Å². The molecular weight excluding hydrogens is 348 g/mol. The predicted molar refractivity (Wildman–Crippen MR) is 105 cm³/mol. The molecule has 0 amide bonds. The first kappa shape index (κ1) is 19.6. The summed E-state index contributed by atoms with van der Waals surface area (Å²) in [7, 11) is -3.27. The third kappa shape index (κ3) is 5.96. The van der Waals surface area contributed by atoms with E-state index in [0.717, 1.165) is 43.7 Å². The summed E-state index contributed by atoms with van der Waals surface area (Å²) in [6.45, 7) is 5.82. The Bertz CT molecular complexity index is 695. The molecule has 0 radical (unpaired) electrons. The summed E-state index contributed by atoms with van der Waals surface area (Å²) in [5, 5.41) is 3.32. The van der Waals surface area contributed by atoms with Crippen molar-refractivity contribution in [3.63, 3.8) is 0 Å². The van der Waals surface area contributed by atoms with Gasteiger partial charge in [-0.2, -0.15) is 0 Å². The van der Waals surface area contributed by atoms with Crippen LogP contribution in [-0.2, 0) is 15.6 Å². The number of unbranched alkanes of at least 4 members (excludes halogenated alkanes) is 1. The van der Waals surface area contributed by atoms with Crippen LogP contribution in [0.2, 0.25) is 0 Å². The van der Waals surface area contributed by atoms with Gasteiger partial charge in [-0.15, -0.1) is 0 Å². The second-order valence-corrected chi connectivity index (χ2v) is 9.94. The molecule has 146 valence electrons. The monoisotopic (exact) mass is 380 g/mol. The van der Waals surface area contributed by atoms with Crippen LogP contribution in [0.3, 0.4) is 0 Å². The molecule has 3 rings (SSSR count). The van der Waals surface area contributed by atoms with Gasteiger partial charge in [0.05, 0.1) is 17.9 Å². The highest BCUT2D eigenvalue weighted by Crippen LogP contribution is 2.47. The molecule has 6 heteroatoms. The quantitative estimate of drug-likeness (QED) is 0.547. The zero-order valence-corrected chi connectivity index (χ0v) is 16.8. The van der Waals surface area contributed by atoms with E-state index in [1.165, 1.54) is 12.8 Å². The van der Waals surface area contributed by atoms with E-state index < -0.39 is 15.6 Å². The fraction of sp³-hybridized carbons (Fsp3) is 0.700. The summed E-state index contributed by atoms with van der Waals surface area (Å²) in [6.07, 6.45) is 5.78. The van der Waals surface area contributed by atoms with Crippen molar-refractivity contribution in [2.24, 2.45) is 5.92 Å². The molecule has 0 spiro atoms. The molecule has 0 saturated heterocycles. The van der Waals surface area contributed by atoms with Crippen molar-refractivity contribution in [3.8, 4) is 5.75 Å². The van der Waals surface area contributed by atoms with Gasteiger partial charge in [0.1, 0.15) is 5.75 Å². The molecular formula is C20H32N2O3S. The van der Waals surface area contributed by atoms with Crippen LogP contribution in [0.1, 0.15) is 57.9 Å². The Morgan fingerprint density at radius 1 is 1.23 bits per heavy atom. The van der Waals surface area contributed by atoms with Crippen LogP contribution in [0.4, 0.5) is 0 Å². The molecule has 2 fully saturated rings. The first-order valence-corrected chi connectivity index (χ1v) is 11.5.